The third-order valence-electron chi connectivity index (χ3n) is 2.34. The Hall–Kier alpha value is -1.24. The maximum absolute atomic E-state index is 11.9. The minimum Gasteiger partial charge on any atom is -0.496 e. The van der Waals surface area contributed by atoms with Gasteiger partial charge in [0.25, 0.3) is 5.91 Å². The van der Waals surface area contributed by atoms with Gasteiger partial charge < -0.3 is 10.1 Å². The molecule has 0 aromatic heterocycles. The van der Waals surface area contributed by atoms with Crippen LogP contribution < -0.4 is 10.1 Å². The Morgan fingerprint density at radius 1 is 1.42 bits per heavy atom. The molecule has 7 heteroatoms. The Labute approximate surface area is 117 Å². The van der Waals surface area contributed by atoms with Crippen molar-refractivity contribution in [2.45, 2.75) is 19.0 Å². The van der Waals surface area contributed by atoms with Crippen LogP contribution in [0.3, 0.4) is 0 Å². The molecule has 0 bridgehead atoms. The minimum atomic E-state index is -4.19. The highest BCUT2D eigenvalue weighted by Gasteiger charge is 2.26. The van der Waals surface area contributed by atoms with Gasteiger partial charge in [-0.15, -0.1) is 0 Å². The molecule has 1 amide bonds. The Balaban J connectivity index is 2.48. The van der Waals surface area contributed by atoms with Crippen molar-refractivity contribution < 1.29 is 22.7 Å². The van der Waals surface area contributed by atoms with E-state index in [-0.39, 0.29) is 13.0 Å². The Kier molecular flexibility index (Phi) is 5.65. The van der Waals surface area contributed by atoms with Gasteiger partial charge in [-0.1, -0.05) is 0 Å². The summed E-state index contributed by atoms with van der Waals surface area (Å²) in [7, 11) is 1.50. The van der Waals surface area contributed by atoms with Crippen molar-refractivity contribution in [1.29, 1.82) is 0 Å². The van der Waals surface area contributed by atoms with Gasteiger partial charge in [0.05, 0.1) is 11.6 Å². The van der Waals surface area contributed by atoms with Gasteiger partial charge in [0.2, 0.25) is 0 Å². The molecule has 0 saturated carbocycles. The number of halogens is 4. The SMILES string of the molecule is COc1ccc(C(=O)NCCCC(F)(F)F)cc1Br. The number of carbonyl (C=O) groups is 1. The molecule has 1 N–H and O–H groups in total. The summed E-state index contributed by atoms with van der Waals surface area (Å²) in [4.78, 5) is 11.7. The van der Waals surface area contributed by atoms with Crippen molar-refractivity contribution in [2.75, 3.05) is 13.7 Å². The number of hydrogen-bond donors (Lipinski definition) is 1. The fourth-order valence-corrected chi connectivity index (χ4v) is 1.94. The van der Waals surface area contributed by atoms with E-state index in [0.29, 0.717) is 15.8 Å². The van der Waals surface area contributed by atoms with E-state index < -0.39 is 18.5 Å². The van der Waals surface area contributed by atoms with E-state index in [2.05, 4.69) is 21.2 Å². The zero-order valence-corrected chi connectivity index (χ0v) is 11.8. The van der Waals surface area contributed by atoms with Gasteiger partial charge in [0.1, 0.15) is 5.75 Å². The molecular formula is C12H13BrF3NO2. The third-order valence-corrected chi connectivity index (χ3v) is 2.96. The summed E-state index contributed by atoms with van der Waals surface area (Å²) in [5, 5.41) is 2.44. The van der Waals surface area contributed by atoms with E-state index in [1.54, 1.807) is 18.2 Å². The van der Waals surface area contributed by atoms with Crippen LogP contribution in [0.15, 0.2) is 22.7 Å². The van der Waals surface area contributed by atoms with Gasteiger partial charge in [-0.25, -0.2) is 0 Å². The topological polar surface area (TPSA) is 38.3 Å². The maximum atomic E-state index is 11.9. The molecule has 0 unspecified atom stereocenters. The smallest absolute Gasteiger partial charge is 0.389 e. The fraction of sp³-hybridized carbons (Fsp3) is 0.417. The highest BCUT2D eigenvalue weighted by atomic mass is 79.9. The number of benzene rings is 1. The van der Waals surface area contributed by atoms with E-state index in [9.17, 15) is 18.0 Å². The first kappa shape index (κ1) is 15.8. The second-order valence-electron chi connectivity index (χ2n) is 3.82. The molecule has 0 radical (unpaired) electrons. The van der Waals surface area contributed by atoms with E-state index in [0.717, 1.165) is 0 Å². The Morgan fingerprint density at radius 3 is 2.63 bits per heavy atom. The van der Waals surface area contributed by atoms with Gasteiger partial charge >= 0.3 is 6.18 Å². The quantitative estimate of drug-likeness (QED) is 0.833. The average molecular weight is 340 g/mol. The molecule has 0 fully saturated rings. The monoisotopic (exact) mass is 339 g/mol. The molecule has 1 aromatic carbocycles. The molecule has 0 aliphatic rings. The summed E-state index contributed by atoms with van der Waals surface area (Å²) in [6.07, 6.45) is -5.22. The zero-order chi connectivity index (χ0) is 14.5. The lowest BCUT2D eigenvalue weighted by molar-refractivity contribution is -0.135. The lowest BCUT2D eigenvalue weighted by atomic mass is 10.2. The van der Waals surface area contributed by atoms with E-state index in [1.807, 2.05) is 0 Å². The van der Waals surface area contributed by atoms with Gasteiger partial charge in [-0.05, 0) is 40.5 Å². The van der Waals surface area contributed by atoms with Crippen LogP contribution in [0.1, 0.15) is 23.2 Å². The number of amides is 1. The minimum absolute atomic E-state index is 0.0119. The molecule has 0 aliphatic carbocycles. The lowest BCUT2D eigenvalue weighted by Crippen LogP contribution is -2.25. The van der Waals surface area contributed by atoms with E-state index in [1.165, 1.54) is 7.11 Å². The van der Waals surface area contributed by atoms with Crippen molar-refractivity contribution >= 4 is 21.8 Å². The first-order valence-corrected chi connectivity index (χ1v) is 6.31. The average Bonchev–Trinajstić information content (AvgIpc) is 2.33. The molecule has 1 aromatic rings. The number of alkyl halides is 3. The number of rotatable bonds is 5. The van der Waals surface area contributed by atoms with Gasteiger partial charge in [-0.3, -0.25) is 4.79 Å². The summed E-state index contributed by atoms with van der Waals surface area (Å²) < 4.78 is 41.3. The number of hydrogen-bond acceptors (Lipinski definition) is 2. The summed E-state index contributed by atoms with van der Waals surface area (Å²) in [6.45, 7) is -0.0119. The van der Waals surface area contributed by atoms with Crippen molar-refractivity contribution in [1.82, 2.24) is 5.32 Å². The van der Waals surface area contributed by atoms with Crippen LogP contribution in [0, 0.1) is 0 Å². The molecule has 0 heterocycles. The summed E-state index contributed by atoms with van der Waals surface area (Å²) >= 11 is 3.23. The molecule has 0 spiro atoms. The highest BCUT2D eigenvalue weighted by Crippen LogP contribution is 2.25. The number of nitrogens with one attached hydrogen (secondary N) is 1. The maximum Gasteiger partial charge on any atom is 0.389 e. The van der Waals surface area contributed by atoms with E-state index in [4.69, 9.17) is 4.74 Å². The molecule has 19 heavy (non-hydrogen) atoms. The molecule has 1 rings (SSSR count). The van der Waals surface area contributed by atoms with Gasteiger partial charge in [0, 0.05) is 18.5 Å². The lowest BCUT2D eigenvalue weighted by Gasteiger charge is -2.09. The predicted octanol–water partition coefficient (Wildman–Crippen LogP) is 3.53. The summed E-state index contributed by atoms with van der Waals surface area (Å²) in [5.41, 5.74) is 0.361. The van der Waals surface area contributed by atoms with Crippen LogP contribution in [0.4, 0.5) is 13.2 Å². The molecule has 0 saturated heterocycles. The van der Waals surface area contributed by atoms with Crippen molar-refractivity contribution in [3.8, 4) is 5.75 Å². The second kappa shape index (κ2) is 6.79. The number of ether oxygens (including phenoxy) is 1. The molecule has 106 valence electrons. The van der Waals surface area contributed by atoms with Crippen molar-refractivity contribution in [2.24, 2.45) is 0 Å². The van der Waals surface area contributed by atoms with Gasteiger partial charge in [-0.2, -0.15) is 13.2 Å². The van der Waals surface area contributed by atoms with Crippen LogP contribution in [0.25, 0.3) is 0 Å². The molecule has 3 nitrogen and oxygen atoms in total. The Bertz CT molecular complexity index is 449. The number of methoxy groups -OCH3 is 1. The first-order chi connectivity index (χ1) is 8.83. The predicted molar refractivity (Wildman–Crippen MR) is 68.3 cm³/mol. The Morgan fingerprint density at radius 2 is 2.11 bits per heavy atom. The zero-order valence-electron chi connectivity index (χ0n) is 10.2. The number of carbonyl (C=O) groups excluding carboxylic acids is 1. The molecular weight excluding hydrogens is 327 g/mol. The van der Waals surface area contributed by atoms with Crippen LogP contribution >= 0.6 is 15.9 Å². The second-order valence-corrected chi connectivity index (χ2v) is 4.68. The van der Waals surface area contributed by atoms with Crippen molar-refractivity contribution in [3.63, 3.8) is 0 Å². The molecule has 0 atom stereocenters. The van der Waals surface area contributed by atoms with Crippen molar-refractivity contribution in [3.05, 3.63) is 28.2 Å². The normalized spacial score (nSPS) is 11.2. The van der Waals surface area contributed by atoms with Crippen LogP contribution in [0.5, 0.6) is 5.75 Å². The van der Waals surface area contributed by atoms with Crippen LogP contribution in [-0.4, -0.2) is 25.7 Å². The molecule has 0 aliphatic heterocycles. The largest absolute Gasteiger partial charge is 0.496 e. The standard InChI is InChI=1S/C12H13BrF3NO2/c1-19-10-4-3-8(7-9(10)13)11(18)17-6-2-5-12(14,15)16/h3-4,7H,2,5-6H2,1H3,(H,17,18). The summed E-state index contributed by atoms with van der Waals surface area (Å²) in [5.74, 6) is 0.166. The first-order valence-electron chi connectivity index (χ1n) is 5.52. The fourth-order valence-electron chi connectivity index (χ4n) is 1.40. The third kappa shape index (κ3) is 5.50. The van der Waals surface area contributed by atoms with Crippen LogP contribution in [0.2, 0.25) is 0 Å². The highest BCUT2D eigenvalue weighted by molar-refractivity contribution is 9.10. The van der Waals surface area contributed by atoms with Crippen LogP contribution in [-0.2, 0) is 0 Å². The summed E-state index contributed by atoms with van der Waals surface area (Å²) in [6, 6.07) is 4.70. The van der Waals surface area contributed by atoms with Gasteiger partial charge in [0.15, 0.2) is 0 Å². The van der Waals surface area contributed by atoms with E-state index >= 15 is 0 Å².